The van der Waals surface area contributed by atoms with E-state index in [1.807, 2.05) is 53.4 Å². The number of para-hydroxylation sites is 1. The van der Waals surface area contributed by atoms with Crippen molar-refractivity contribution in [3.8, 4) is 17.4 Å². The Kier molecular flexibility index (Phi) is 8.04. The van der Waals surface area contributed by atoms with Crippen LogP contribution >= 0.6 is 11.6 Å². The monoisotopic (exact) mass is 588 g/mol. The molecule has 0 radical (unpaired) electrons. The lowest BCUT2D eigenvalue weighted by Crippen LogP contribution is -2.57. The average molecular weight is 589 g/mol. The number of hydrogen-bond acceptors (Lipinski definition) is 8. The Bertz CT molecular complexity index is 1550. The summed E-state index contributed by atoms with van der Waals surface area (Å²) in [5.41, 5.74) is 1.59. The molecule has 0 spiro atoms. The number of anilines is 2. The van der Waals surface area contributed by atoms with E-state index in [2.05, 4.69) is 20.6 Å². The van der Waals surface area contributed by atoms with E-state index in [0.717, 1.165) is 5.56 Å². The lowest BCUT2D eigenvalue weighted by molar-refractivity contribution is -0.121. The largest absolute Gasteiger partial charge is 0.486 e. The molecule has 4 aromatic rings. The van der Waals surface area contributed by atoms with E-state index < -0.39 is 0 Å². The molecule has 1 fully saturated rings. The Morgan fingerprint density at radius 2 is 1.83 bits per heavy atom. The molecule has 2 aromatic heterocycles. The van der Waals surface area contributed by atoms with Gasteiger partial charge in [-0.25, -0.2) is 14.8 Å². The van der Waals surface area contributed by atoms with E-state index in [1.165, 1.54) is 0 Å². The molecule has 2 aromatic carbocycles. The highest BCUT2D eigenvalue weighted by Crippen LogP contribution is 2.31. The number of rotatable bonds is 7. The second-order valence-electron chi connectivity index (χ2n) is 9.87. The molecule has 1 atom stereocenters. The van der Waals surface area contributed by atoms with Gasteiger partial charge < -0.3 is 29.9 Å². The lowest BCUT2D eigenvalue weighted by Gasteiger charge is -2.42. The molecular formula is C29H29ClN8O4. The summed E-state index contributed by atoms with van der Waals surface area (Å²) in [5.74, 6) is 2.12. The van der Waals surface area contributed by atoms with Crippen molar-refractivity contribution in [2.45, 2.75) is 19.0 Å². The average Bonchev–Trinajstić information content (AvgIpc) is 3.56. The van der Waals surface area contributed by atoms with E-state index in [1.54, 1.807) is 34.3 Å². The number of piperazine rings is 1. The predicted molar refractivity (Wildman–Crippen MR) is 156 cm³/mol. The number of ether oxygens (including phenoxy) is 2. The molecule has 0 bridgehead atoms. The second kappa shape index (κ2) is 12.4. The zero-order chi connectivity index (χ0) is 28.9. The third kappa shape index (κ3) is 6.39. The first kappa shape index (κ1) is 27.3. The van der Waals surface area contributed by atoms with Gasteiger partial charge in [-0.05, 0) is 29.8 Å². The number of benzene rings is 2. The number of carbonyl (C=O) groups is 2. The fourth-order valence-electron chi connectivity index (χ4n) is 4.96. The van der Waals surface area contributed by atoms with Crippen molar-refractivity contribution < 1.29 is 19.1 Å². The number of nitrogens with zero attached hydrogens (tertiary/aromatic N) is 6. The van der Waals surface area contributed by atoms with Crippen LogP contribution in [0.25, 0.3) is 5.95 Å². The van der Waals surface area contributed by atoms with Crippen molar-refractivity contribution in [3.63, 3.8) is 0 Å². The topological polar surface area (TPSA) is 127 Å². The molecule has 1 saturated heterocycles. The van der Waals surface area contributed by atoms with Crippen LogP contribution in [0.15, 0.2) is 73.3 Å². The first-order valence-corrected chi connectivity index (χ1v) is 14.0. The summed E-state index contributed by atoms with van der Waals surface area (Å²) >= 11 is 6.39. The number of urea groups is 1. The first-order valence-electron chi connectivity index (χ1n) is 13.6. The van der Waals surface area contributed by atoms with E-state index in [0.29, 0.717) is 68.3 Å². The lowest BCUT2D eigenvalue weighted by atomic mass is 10.1. The molecule has 13 heteroatoms. The third-order valence-corrected chi connectivity index (χ3v) is 7.21. The zero-order valence-corrected chi connectivity index (χ0v) is 23.4. The van der Waals surface area contributed by atoms with Gasteiger partial charge in [0, 0.05) is 56.7 Å². The van der Waals surface area contributed by atoms with Crippen molar-refractivity contribution in [1.29, 1.82) is 0 Å². The molecule has 3 amide bonds. The Hall–Kier alpha value is -4.84. The summed E-state index contributed by atoms with van der Waals surface area (Å²) in [5, 5.41) is 6.20. The van der Waals surface area contributed by atoms with Crippen LogP contribution in [0.1, 0.15) is 12.0 Å². The molecule has 216 valence electrons. The normalized spacial score (nSPS) is 16.2. The molecule has 1 unspecified atom stereocenters. The van der Waals surface area contributed by atoms with E-state index in [-0.39, 0.29) is 29.6 Å². The highest BCUT2D eigenvalue weighted by Gasteiger charge is 2.32. The number of nitrogens with one attached hydrogen (secondary N) is 2. The van der Waals surface area contributed by atoms with Gasteiger partial charge in [-0.15, -0.1) is 0 Å². The molecule has 2 aliphatic heterocycles. The maximum atomic E-state index is 13.3. The van der Waals surface area contributed by atoms with Crippen LogP contribution in [-0.4, -0.2) is 75.2 Å². The standard InChI is InChI=1S/C29H29ClN8O4/c30-25-16-26(35-28(34-25)37-9-8-31-19-37)38-11-10-36(29(40)33-21-4-2-1-3-5-21)18-22(38)15-27(39)32-17-20-6-7-23-24(14-20)42-13-12-41-23/h1-9,14,16,19,22H,10-13,15,17-18H2,(H,32,39)(H,33,40). The van der Waals surface area contributed by atoms with E-state index in [4.69, 9.17) is 26.1 Å². The molecule has 2 aliphatic rings. The molecule has 0 saturated carbocycles. The van der Waals surface area contributed by atoms with Crippen LogP contribution < -0.4 is 25.0 Å². The maximum absolute atomic E-state index is 13.3. The zero-order valence-electron chi connectivity index (χ0n) is 22.6. The van der Waals surface area contributed by atoms with Gasteiger partial charge in [0.15, 0.2) is 11.5 Å². The number of amides is 3. The summed E-state index contributed by atoms with van der Waals surface area (Å²) in [4.78, 5) is 43.2. The Labute approximate surface area is 247 Å². The van der Waals surface area contributed by atoms with Crippen LogP contribution in [0.4, 0.5) is 16.3 Å². The molecule has 4 heterocycles. The van der Waals surface area contributed by atoms with Crippen LogP contribution in [0, 0.1) is 0 Å². The van der Waals surface area contributed by atoms with Crippen LogP contribution in [0.2, 0.25) is 5.15 Å². The maximum Gasteiger partial charge on any atom is 0.321 e. The summed E-state index contributed by atoms with van der Waals surface area (Å²) in [6, 6.07) is 15.9. The van der Waals surface area contributed by atoms with Gasteiger partial charge in [0.1, 0.15) is 30.5 Å². The van der Waals surface area contributed by atoms with Crippen molar-refractivity contribution >= 4 is 35.0 Å². The van der Waals surface area contributed by atoms with Gasteiger partial charge in [0.05, 0.1) is 6.04 Å². The minimum absolute atomic E-state index is 0.127. The van der Waals surface area contributed by atoms with Crippen molar-refractivity contribution in [1.82, 2.24) is 29.7 Å². The summed E-state index contributed by atoms with van der Waals surface area (Å²) in [6.45, 7) is 2.50. The van der Waals surface area contributed by atoms with Crippen molar-refractivity contribution in [2.75, 3.05) is 43.1 Å². The molecular weight excluding hydrogens is 560 g/mol. The number of aromatic nitrogens is 4. The number of hydrogen-bond donors (Lipinski definition) is 2. The summed E-state index contributed by atoms with van der Waals surface area (Å²) < 4.78 is 12.9. The Morgan fingerprint density at radius 1 is 1.00 bits per heavy atom. The first-order chi connectivity index (χ1) is 20.5. The number of halogens is 1. The van der Waals surface area contributed by atoms with Crippen LogP contribution in [-0.2, 0) is 11.3 Å². The smallest absolute Gasteiger partial charge is 0.321 e. The Morgan fingerprint density at radius 3 is 2.64 bits per heavy atom. The summed E-state index contributed by atoms with van der Waals surface area (Å²) in [6.07, 6.45) is 5.07. The fourth-order valence-corrected chi connectivity index (χ4v) is 5.13. The minimum Gasteiger partial charge on any atom is -0.486 e. The Balaban J connectivity index is 1.19. The molecule has 2 N–H and O–H groups in total. The summed E-state index contributed by atoms with van der Waals surface area (Å²) in [7, 11) is 0. The van der Waals surface area contributed by atoms with E-state index >= 15 is 0 Å². The van der Waals surface area contributed by atoms with Gasteiger partial charge in [-0.3, -0.25) is 9.36 Å². The molecule has 42 heavy (non-hydrogen) atoms. The molecule has 6 rings (SSSR count). The quantitative estimate of drug-likeness (QED) is 0.314. The van der Waals surface area contributed by atoms with Gasteiger partial charge in [-0.1, -0.05) is 35.9 Å². The van der Waals surface area contributed by atoms with Gasteiger partial charge >= 0.3 is 6.03 Å². The van der Waals surface area contributed by atoms with Gasteiger partial charge in [-0.2, -0.15) is 4.98 Å². The number of fused-ring (bicyclic) bond motifs is 1. The van der Waals surface area contributed by atoms with Crippen molar-refractivity contribution in [3.05, 3.63) is 84.0 Å². The highest BCUT2D eigenvalue weighted by molar-refractivity contribution is 6.29. The van der Waals surface area contributed by atoms with E-state index in [9.17, 15) is 9.59 Å². The predicted octanol–water partition coefficient (Wildman–Crippen LogP) is 3.52. The second-order valence-corrected chi connectivity index (χ2v) is 10.3. The fraction of sp³-hybridized carbons (Fsp3) is 0.276. The number of carbonyl (C=O) groups excluding carboxylic acids is 2. The third-order valence-electron chi connectivity index (χ3n) is 7.01. The van der Waals surface area contributed by atoms with Crippen LogP contribution in [0.5, 0.6) is 11.5 Å². The SMILES string of the molecule is O=C(CC1CN(C(=O)Nc2ccccc2)CCN1c1cc(Cl)nc(-n2ccnc2)n1)NCc1ccc2c(c1)OCCO2. The van der Waals surface area contributed by atoms with Crippen molar-refractivity contribution in [2.24, 2.45) is 0 Å². The van der Waals surface area contributed by atoms with Gasteiger partial charge in [0.25, 0.3) is 0 Å². The minimum atomic E-state index is -0.373. The molecule has 0 aliphatic carbocycles. The van der Waals surface area contributed by atoms with Gasteiger partial charge in [0.2, 0.25) is 11.9 Å². The highest BCUT2D eigenvalue weighted by atomic mass is 35.5. The molecule has 12 nitrogen and oxygen atoms in total. The number of imidazole rings is 1. The van der Waals surface area contributed by atoms with Crippen LogP contribution in [0.3, 0.4) is 0 Å².